The van der Waals surface area contributed by atoms with Crippen LogP contribution in [0.4, 0.5) is 0 Å². The van der Waals surface area contributed by atoms with E-state index in [1.807, 2.05) is 25.1 Å². The van der Waals surface area contributed by atoms with E-state index in [2.05, 4.69) is 50.2 Å². The van der Waals surface area contributed by atoms with Crippen molar-refractivity contribution in [3.63, 3.8) is 0 Å². The highest BCUT2D eigenvalue weighted by molar-refractivity contribution is 6.12. The molecule has 4 heteroatoms. The van der Waals surface area contributed by atoms with E-state index in [0.29, 0.717) is 30.2 Å². The van der Waals surface area contributed by atoms with Gasteiger partial charge >= 0.3 is 5.97 Å². The number of fused-ring (bicyclic) bond motifs is 1. The zero-order valence-electron chi connectivity index (χ0n) is 21.0. The largest absolute Gasteiger partial charge is 0.462 e. The van der Waals surface area contributed by atoms with Gasteiger partial charge in [0.1, 0.15) is 5.78 Å². The lowest BCUT2D eigenvalue weighted by atomic mass is 9.63. The van der Waals surface area contributed by atoms with E-state index in [0.717, 1.165) is 41.7 Å². The summed E-state index contributed by atoms with van der Waals surface area (Å²) in [6, 6.07) is 18.6. The number of carbonyl (C=O) groups is 2. The zero-order chi connectivity index (χ0) is 24.6. The van der Waals surface area contributed by atoms with Crippen LogP contribution in [-0.4, -0.2) is 24.1 Å². The molecule has 2 atom stereocenters. The lowest BCUT2D eigenvalue weighted by molar-refractivity contribution is -0.141. The van der Waals surface area contributed by atoms with Crippen molar-refractivity contribution in [3.8, 4) is 11.1 Å². The zero-order valence-corrected chi connectivity index (χ0v) is 21.0. The maximum atomic E-state index is 13.5. The molecule has 4 nitrogen and oxygen atoms in total. The number of carbonyl (C=O) groups excluding carboxylic acids is 2. The van der Waals surface area contributed by atoms with Gasteiger partial charge in [0.05, 0.1) is 18.1 Å². The summed E-state index contributed by atoms with van der Waals surface area (Å²) in [5, 5.41) is 0. The van der Waals surface area contributed by atoms with Crippen molar-refractivity contribution >= 4 is 17.5 Å². The molecule has 2 aromatic carbocycles. The molecule has 3 aliphatic rings. The number of ketones is 1. The van der Waals surface area contributed by atoms with Crippen molar-refractivity contribution in [2.75, 3.05) is 6.61 Å². The monoisotopic (exact) mass is 469 g/mol. The number of aliphatic imine (C=N–C) groups is 1. The predicted molar refractivity (Wildman–Crippen MR) is 139 cm³/mol. The van der Waals surface area contributed by atoms with Gasteiger partial charge in [-0.15, -0.1) is 0 Å². The Hall–Kier alpha value is -3.01. The standard InChI is InChI=1S/C31H35NO3/c1-20-27(30(34)35-19-21-9-7-8-10-21)28(29-25(32-20)17-31(2,3)18-26(29)33)24-15-13-23(14-16-24)22-11-5-4-6-12-22/h4-6,11-16,21,28-29H,7-10,17-19H2,1-3H3. The first kappa shape index (κ1) is 23.7. The maximum Gasteiger partial charge on any atom is 0.336 e. The minimum atomic E-state index is -0.400. The van der Waals surface area contributed by atoms with Gasteiger partial charge < -0.3 is 4.74 Å². The Morgan fingerprint density at radius 3 is 2.29 bits per heavy atom. The Kier molecular flexibility index (Phi) is 6.48. The Bertz CT molecular complexity index is 1170. The molecule has 0 amide bonds. The third-order valence-corrected chi connectivity index (χ3v) is 7.89. The number of allylic oxidation sites excluding steroid dienone is 1. The van der Waals surface area contributed by atoms with Crippen LogP contribution in [0.15, 0.2) is 70.9 Å². The fraction of sp³-hybridized carbons (Fsp3) is 0.452. The molecule has 0 aromatic heterocycles. The maximum absolute atomic E-state index is 13.5. The summed E-state index contributed by atoms with van der Waals surface area (Å²) in [5.74, 6) is -0.448. The van der Waals surface area contributed by atoms with Crippen molar-refractivity contribution < 1.29 is 14.3 Å². The normalized spacial score (nSPS) is 24.2. The molecule has 2 fully saturated rings. The van der Waals surface area contributed by atoms with E-state index in [-0.39, 0.29) is 23.1 Å². The van der Waals surface area contributed by atoms with Crippen LogP contribution in [0, 0.1) is 17.3 Å². The molecule has 35 heavy (non-hydrogen) atoms. The molecular weight excluding hydrogens is 434 g/mol. The van der Waals surface area contributed by atoms with Crippen molar-refractivity contribution in [1.29, 1.82) is 0 Å². The van der Waals surface area contributed by atoms with E-state index < -0.39 is 5.92 Å². The van der Waals surface area contributed by atoms with Crippen molar-refractivity contribution in [3.05, 3.63) is 71.4 Å². The van der Waals surface area contributed by atoms with Gasteiger partial charge in [-0.1, -0.05) is 81.3 Å². The van der Waals surface area contributed by atoms with Crippen LogP contribution < -0.4 is 0 Å². The summed E-state index contributed by atoms with van der Waals surface area (Å²) in [7, 11) is 0. The van der Waals surface area contributed by atoms with Crippen LogP contribution in [-0.2, 0) is 14.3 Å². The van der Waals surface area contributed by atoms with Gasteiger partial charge in [-0.05, 0) is 54.2 Å². The van der Waals surface area contributed by atoms with Gasteiger partial charge in [0, 0.05) is 23.7 Å². The third-order valence-electron chi connectivity index (χ3n) is 7.89. The lowest BCUT2D eigenvalue weighted by Gasteiger charge is -2.41. The van der Waals surface area contributed by atoms with Crippen LogP contribution >= 0.6 is 0 Å². The average molecular weight is 470 g/mol. The Morgan fingerprint density at radius 1 is 0.943 bits per heavy atom. The number of benzene rings is 2. The van der Waals surface area contributed by atoms with Crippen molar-refractivity contribution in [1.82, 2.24) is 0 Å². The highest BCUT2D eigenvalue weighted by Crippen LogP contribution is 2.47. The fourth-order valence-electron chi connectivity index (χ4n) is 6.18. The number of ether oxygens (including phenoxy) is 1. The molecule has 2 aliphatic carbocycles. The van der Waals surface area contributed by atoms with Gasteiger partial charge in [0.25, 0.3) is 0 Å². The van der Waals surface area contributed by atoms with Crippen LogP contribution in [0.3, 0.4) is 0 Å². The highest BCUT2D eigenvalue weighted by Gasteiger charge is 2.47. The minimum absolute atomic E-state index is 0.116. The van der Waals surface area contributed by atoms with E-state index in [9.17, 15) is 9.59 Å². The second kappa shape index (κ2) is 9.56. The van der Waals surface area contributed by atoms with Crippen LogP contribution in [0.1, 0.15) is 70.8 Å². The molecule has 2 aromatic rings. The molecule has 0 N–H and O–H groups in total. The number of rotatable bonds is 5. The fourth-order valence-corrected chi connectivity index (χ4v) is 6.18. The molecule has 2 unspecified atom stereocenters. The number of esters is 1. The average Bonchev–Trinajstić information content (AvgIpc) is 3.35. The molecule has 0 saturated heterocycles. The molecule has 0 radical (unpaired) electrons. The van der Waals surface area contributed by atoms with Crippen molar-refractivity contribution in [2.24, 2.45) is 22.2 Å². The van der Waals surface area contributed by atoms with E-state index >= 15 is 0 Å². The Labute approximate surface area is 208 Å². The second-order valence-electron chi connectivity index (χ2n) is 11.3. The first-order chi connectivity index (χ1) is 16.8. The SMILES string of the molecule is CC1=C(C(=O)OCC2CCCC2)C(c2ccc(-c3ccccc3)cc2)C2C(=O)CC(C)(C)CC2=N1. The highest BCUT2D eigenvalue weighted by atomic mass is 16.5. The Balaban J connectivity index is 1.51. The minimum Gasteiger partial charge on any atom is -0.462 e. The van der Waals surface area contributed by atoms with Crippen LogP contribution in [0.5, 0.6) is 0 Å². The van der Waals surface area contributed by atoms with Gasteiger partial charge in [-0.3, -0.25) is 9.79 Å². The summed E-state index contributed by atoms with van der Waals surface area (Å²) in [4.78, 5) is 31.8. The molecular formula is C31H35NO3. The summed E-state index contributed by atoms with van der Waals surface area (Å²) in [6.45, 7) is 6.60. The number of nitrogens with zero attached hydrogens (tertiary/aromatic N) is 1. The topological polar surface area (TPSA) is 55.7 Å². The summed E-state index contributed by atoms with van der Waals surface area (Å²) >= 11 is 0. The summed E-state index contributed by atoms with van der Waals surface area (Å²) in [6.07, 6.45) is 5.92. The third kappa shape index (κ3) is 4.89. The van der Waals surface area contributed by atoms with E-state index in [4.69, 9.17) is 9.73 Å². The summed E-state index contributed by atoms with van der Waals surface area (Å²) < 4.78 is 5.86. The molecule has 1 heterocycles. The Morgan fingerprint density at radius 2 is 1.60 bits per heavy atom. The lowest BCUT2D eigenvalue weighted by Crippen LogP contribution is -2.44. The first-order valence-corrected chi connectivity index (χ1v) is 13.0. The van der Waals surface area contributed by atoms with E-state index in [1.165, 1.54) is 12.8 Å². The molecule has 2 saturated carbocycles. The molecule has 5 rings (SSSR count). The van der Waals surface area contributed by atoms with Gasteiger partial charge in [0.15, 0.2) is 0 Å². The van der Waals surface area contributed by atoms with Gasteiger partial charge in [0.2, 0.25) is 0 Å². The quantitative estimate of drug-likeness (QED) is 0.447. The number of hydrogen-bond donors (Lipinski definition) is 0. The number of hydrogen-bond acceptors (Lipinski definition) is 4. The second-order valence-corrected chi connectivity index (χ2v) is 11.3. The first-order valence-electron chi connectivity index (χ1n) is 13.0. The molecule has 182 valence electrons. The van der Waals surface area contributed by atoms with E-state index in [1.54, 1.807) is 0 Å². The summed E-state index contributed by atoms with van der Waals surface area (Å²) in [5.41, 5.74) is 5.27. The molecule has 0 spiro atoms. The number of Topliss-reactive ketones (excluding diaryl/α,β-unsaturated/α-hetero) is 1. The molecule has 1 aliphatic heterocycles. The predicted octanol–water partition coefficient (Wildman–Crippen LogP) is 6.90. The van der Waals surface area contributed by atoms with Gasteiger partial charge in [-0.2, -0.15) is 0 Å². The van der Waals surface area contributed by atoms with Crippen LogP contribution in [0.25, 0.3) is 11.1 Å². The smallest absolute Gasteiger partial charge is 0.336 e. The van der Waals surface area contributed by atoms with Gasteiger partial charge in [-0.25, -0.2) is 4.79 Å². The molecule has 0 bridgehead atoms. The van der Waals surface area contributed by atoms with Crippen LogP contribution in [0.2, 0.25) is 0 Å². The van der Waals surface area contributed by atoms with Crippen molar-refractivity contribution in [2.45, 2.75) is 65.2 Å².